The second-order valence-corrected chi connectivity index (χ2v) is 14.4. The Bertz CT molecular complexity index is 3200. The summed E-state index contributed by atoms with van der Waals surface area (Å²) in [5, 5.41) is 4.53. The molecule has 0 unspecified atom stereocenters. The van der Waals surface area contributed by atoms with Crippen LogP contribution in [0.3, 0.4) is 0 Å². The standard InChI is InChI=1S/C53H34N2O2/c1-3-10-35(11-4-1)37-20-26-43(27-21-37)55(44-28-22-38(23-29-44)42-19-18-36-12-7-8-15-41(36)32-42)45-30-24-39(25-31-45)46-16-9-17-49-52(46)47-33-51-48(34-50(47)56-49)54-53(57-51)40-13-5-2-6-14-40/h1-34H. The van der Waals surface area contributed by atoms with Gasteiger partial charge < -0.3 is 13.7 Å². The van der Waals surface area contributed by atoms with Gasteiger partial charge >= 0.3 is 0 Å². The van der Waals surface area contributed by atoms with Gasteiger partial charge in [-0.3, -0.25) is 0 Å². The Morgan fingerprint density at radius 3 is 1.60 bits per heavy atom. The molecular formula is C53H34N2O2. The van der Waals surface area contributed by atoms with E-state index in [0.717, 1.165) is 66.8 Å². The van der Waals surface area contributed by atoms with Crippen molar-refractivity contribution in [1.82, 2.24) is 4.98 Å². The Morgan fingerprint density at radius 2 is 0.912 bits per heavy atom. The molecule has 0 aliphatic heterocycles. The molecule has 11 aromatic rings. The summed E-state index contributed by atoms with van der Waals surface area (Å²) in [6, 6.07) is 72.5. The smallest absolute Gasteiger partial charge is 0.227 e. The third kappa shape index (κ3) is 5.92. The molecule has 0 aliphatic carbocycles. The van der Waals surface area contributed by atoms with E-state index < -0.39 is 0 Å². The first-order chi connectivity index (χ1) is 28.2. The van der Waals surface area contributed by atoms with E-state index >= 15 is 0 Å². The van der Waals surface area contributed by atoms with Gasteiger partial charge in [-0.25, -0.2) is 4.98 Å². The fraction of sp³-hybridized carbons (Fsp3) is 0. The first-order valence-corrected chi connectivity index (χ1v) is 19.2. The normalized spacial score (nSPS) is 11.5. The lowest BCUT2D eigenvalue weighted by atomic mass is 9.98. The molecule has 57 heavy (non-hydrogen) atoms. The van der Waals surface area contributed by atoms with E-state index in [9.17, 15) is 0 Å². The van der Waals surface area contributed by atoms with Crippen LogP contribution in [-0.4, -0.2) is 4.98 Å². The van der Waals surface area contributed by atoms with E-state index in [2.05, 4.69) is 169 Å². The van der Waals surface area contributed by atoms with E-state index in [1.807, 2.05) is 42.5 Å². The highest BCUT2D eigenvalue weighted by molar-refractivity contribution is 6.15. The number of oxazole rings is 1. The molecule has 2 aromatic heterocycles. The molecular weight excluding hydrogens is 697 g/mol. The molecule has 0 atom stereocenters. The zero-order valence-electron chi connectivity index (χ0n) is 30.8. The van der Waals surface area contributed by atoms with Gasteiger partial charge in [0.1, 0.15) is 16.7 Å². The van der Waals surface area contributed by atoms with Crippen LogP contribution in [0.15, 0.2) is 215 Å². The van der Waals surface area contributed by atoms with Gasteiger partial charge in [-0.2, -0.15) is 0 Å². The molecule has 4 nitrogen and oxygen atoms in total. The van der Waals surface area contributed by atoms with Crippen molar-refractivity contribution in [2.75, 3.05) is 4.90 Å². The van der Waals surface area contributed by atoms with E-state index in [1.54, 1.807) is 0 Å². The lowest BCUT2D eigenvalue weighted by Crippen LogP contribution is -2.09. The topological polar surface area (TPSA) is 42.4 Å². The van der Waals surface area contributed by atoms with Crippen molar-refractivity contribution in [2.24, 2.45) is 0 Å². The SMILES string of the molecule is c1ccc(-c2ccc(N(c3ccc(-c4ccc5ccccc5c4)cc3)c3ccc(-c4cccc5oc6cc7nc(-c8ccccc8)oc7cc6c45)cc3)cc2)cc1. The number of hydrogen-bond donors (Lipinski definition) is 0. The van der Waals surface area contributed by atoms with Crippen LogP contribution >= 0.6 is 0 Å². The molecule has 0 saturated carbocycles. The maximum atomic E-state index is 6.43. The Labute approximate surface area is 329 Å². The largest absolute Gasteiger partial charge is 0.456 e. The maximum Gasteiger partial charge on any atom is 0.227 e. The van der Waals surface area contributed by atoms with E-state index in [1.165, 1.54) is 33.0 Å². The molecule has 0 amide bonds. The van der Waals surface area contributed by atoms with Gasteiger partial charge in [-0.1, -0.05) is 133 Å². The zero-order valence-corrected chi connectivity index (χ0v) is 30.8. The van der Waals surface area contributed by atoms with Crippen LogP contribution in [0.25, 0.3) is 88.6 Å². The first kappa shape index (κ1) is 32.7. The minimum absolute atomic E-state index is 0.598. The van der Waals surface area contributed by atoms with Crippen molar-refractivity contribution in [3.63, 3.8) is 0 Å². The van der Waals surface area contributed by atoms with Crippen LogP contribution in [0.2, 0.25) is 0 Å². The van der Waals surface area contributed by atoms with Crippen LogP contribution in [-0.2, 0) is 0 Å². The molecule has 0 bridgehead atoms. The van der Waals surface area contributed by atoms with E-state index in [0.29, 0.717) is 5.89 Å². The highest BCUT2D eigenvalue weighted by atomic mass is 16.4. The highest BCUT2D eigenvalue weighted by Crippen LogP contribution is 2.42. The Morgan fingerprint density at radius 1 is 0.351 bits per heavy atom. The average Bonchev–Trinajstić information content (AvgIpc) is 3.87. The Kier molecular flexibility index (Phi) is 7.78. The molecule has 2 heterocycles. The van der Waals surface area contributed by atoms with Crippen LogP contribution in [0, 0.1) is 0 Å². The number of hydrogen-bond acceptors (Lipinski definition) is 4. The first-order valence-electron chi connectivity index (χ1n) is 19.2. The number of benzene rings is 9. The van der Waals surface area contributed by atoms with Crippen LogP contribution in [0.4, 0.5) is 17.1 Å². The number of nitrogens with zero attached hydrogens (tertiary/aromatic N) is 2. The Hall–Kier alpha value is -7.69. The van der Waals surface area contributed by atoms with Crippen LogP contribution in [0.1, 0.15) is 0 Å². The van der Waals surface area contributed by atoms with Gasteiger partial charge in [-0.05, 0) is 111 Å². The van der Waals surface area contributed by atoms with Crippen LogP contribution < -0.4 is 4.90 Å². The third-order valence-electron chi connectivity index (χ3n) is 10.9. The summed E-state index contributed by atoms with van der Waals surface area (Å²) >= 11 is 0. The summed E-state index contributed by atoms with van der Waals surface area (Å²) in [5.74, 6) is 0.598. The van der Waals surface area contributed by atoms with Gasteiger partial charge in [0.2, 0.25) is 5.89 Å². The predicted molar refractivity (Wildman–Crippen MR) is 235 cm³/mol. The molecule has 0 radical (unpaired) electrons. The van der Waals surface area contributed by atoms with Gasteiger partial charge in [0, 0.05) is 39.5 Å². The molecule has 0 N–H and O–H groups in total. The average molecular weight is 731 g/mol. The van der Waals surface area contributed by atoms with Crippen LogP contribution in [0.5, 0.6) is 0 Å². The third-order valence-corrected chi connectivity index (χ3v) is 10.9. The summed E-state index contributed by atoms with van der Waals surface area (Å²) in [5.41, 5.74) is 14.2. The quantitative estimate of drug-likeness (QED) is 0.164. The minimum atomic E-state index is 0.598. The fourth-order valence-electron chi connectivity index (χ4n) is 8.03. The monoisotopic (exact) mass is 730 g/mol. The molecule has 0 saturated heterocycles. The molecule has 0 fully saturated rings. The molecule has 0 aliphatic rings. The molecule has 268 valence electrons. The van der Waals surface area contributed by atoms with Gasteiger partial charge in [-0.15, -0.1) is 0 Å². The van der Waals surface area contributed by atoms with Crippen molar-refractivity contribution in [3.8, 4) is 44.8 Å². The van der Waals surface area contributed by atoms with E-state index in [-0.39, 0.29) is 0 Å². The van der Waals surface area contributed by atoms with E-state index in [4.69, 9.17) is 13.8 Å². The van der Waals surface area contributed by atoms with Crippen molar-refractivity contribution in [1.29, 1.82) is 0 Å². The number of aromatic nitrogens is 1. The summed E-state index contributed by atoms with van der Waals surface area (Å²) in [6.07, 6.45) is 0. The minimum Gasteiger partial charge on any atom is -0.456 e. The lowest BCUT2D eigenvalue weighted by Gasteiger charge is -2.26. The summed E-state index contributed by atoms with van der Waals surface area (Å²) in [4.78, 5) is 7.10. The number of anilines is 3. The van der Waals surface area contributed by atoms with Crippen molar-refractivity contribution in [2.45, 2.75) is 0 Å². The fourth-order valence-corrected chi connectivity index (χ4v) is 8.03. The van der Waals surface area contributed by atoms with Gasteiger partial charge in [0.25, 0.3) is 0 Å². The van der Waals surface area contributed by atoms with Crippen molar-refractivity contribution < 1.29 is 8.83 Å². The van der Waals surface area contributed by atoms with Crippen molar-refractivity contribution >= 4 is 60.9 Å². The second kappa shape index (κ2) is 13.6. The van der Waals surface area contributed by atoms with Gasteiger partial charge in [0.05, 0.1) is 0 Å². The van der Waals surface area contributed by atoms with Gasteiger partial charge in [0.15, 0.2) is 5.58 Å². The highest BCUT2D eigenvalue weighted by Gasteiger charge is 2.18. The molecule has 4 heteroatoms. The van der Waals surface area contributed by atoms with Crippen molar-refractivity contribution in [3.05, 3.63) is 206 Å². The molecule has 9 aromatic carbocycles. The number of rotatable bonds is 7. The predicted octanol–water partition coefficient (Wildman–Crippen LogP) is 15.0. The summed E-state index contributed by atoms with van der Waals surface area (Å²) in [6.45, 7) is 0. The maximum absolute atomic E-state index is 6.43. The zero-order chi connectivity index (χ0) is 37.7. The lowest BCUT2D eigenvalue weighted by molar-refractivity contribution is 0.620. The molecule has 0 spiro atoms. The second-order valence-electron chi connectivity index (χ2n) is 14.4. The number of furan rings is 1. The summed E-state index contributed by atoms with van der Waals surface area (Å²) in [7, 11) is 0. The summed E-state index contributed by atoms with van der Waals surface area (Å²) < 4.78 is 12.7. The molecule has 11 rings (SSSR count). The Balaban J connectivity index is 0.979. The number of fused-ring (bicyclic) bond motifs is 5.